The number of pyridine rings is 1. The number of fused-ring (bicyclic) bond motifs is 3. The molecule has 0 saturated heterocycles. The van der Waals surface area contributed by atoms with Crippen molar-refractivity contribution in [1.82, 2.24) is 14.9 Å². The zero-order valence-corrected chi connectivity index (χ0v) is 12.8. The lowest BCUT2D eigenvalue weighted by Gasteiger charge is -2.01. The van der Waals surface area contributed by atoms with Crippen molar-refractivity contribution in [3.05, 3.63) is 34.1 Å². The first-order valence-electron chi connectivity index (χ1n) is 6.42. The second kappa shape index (κ2) is 5.23. The van der Waals surface area contributed by atoms with Gasteiger partial charge in [-0.1, -0.05) is 11.3 Å². The molecule has 1 aromatic carbocycles. The molecule has 0 aliphatic heterocycles. The first-order chi connectivity index (χ1) is 10.5. The van der Waals surface area contributed by atoms with Crippen LogP contribution < -0.4 is 11.3 Å². The Morgan fingerprint density at radius 2 is 2.23 bits per heavy atom. The van der Waals surface area contributed by atoms with E-state index in [4.69, 9.17) is 5.73 Å². The molecule has 0 radical (unpaired) electrons. The highest BCUT2D eigenvalue weighted by molar-refractivity contribution is 7.22. The number of rotatable bonds is 3. The molecule has 3 N–H and O–H groups in total. The minimum atomic E-state index is -0.763. The first kappa shape index (κ1) is 14.2. The molecule has 0 aliphatic carbocycles. The molecule has 0 spiro atoms. The first-order valence-corrected chi connectivity index (χ1v) is 7.24. The minimum absolute atomic E-state index is 0.0775. The van der Waals surface area contributed by atoms with Crippen LogP contribution in [-0.2, 0) is 0 Å². The van der Waals surface area contributed by atoms with Crippen molar-refractivity contribution < 1.29 is 4.79 Å². The Morgan fingerprint density at radius 3 is 2.91 bits per heavy atom. The fourth-order valence-electron chi connectivity index (χ4n) is 2.06. The summed E-state index contributed by atoms with van der Waals surface area (Å²) in [5.74, 6) is -0.763. The van der Waals surface area contributed by atoms with Gasteiger partial charge in [-0.3, -0.25) is 9.59 Å². The van der Waals surface area contributed by atoms with Crippen molar-refractivity contribution in [2.24, 2.45) is 10.7 Å². The van der Waals surface area contributed by atoms with E-state index in [1.54, 1.807) is 12.4 Å². The van der Waals surface area contributed by atoms with Crippen LogP contribution in [0.25, 0.3) is 21.1 Å². The molecule has 3 rings (SSSR count). The average molecular weight is 315 g/mol. The number of aromatic amines is 1. The molecule has 0 saturated carbocycles. The van der Waals surface area contributed by atoms with Crippen molar-refractivity contribution in [2.45, 2.75) is 0 Å². The second-order valence-corrected chi connectivity index (χ2v) is 5.96. The normalized spacial score (nSPS) is 11.5. The molecule has 0 bridgehead atoms. The Labute approximate surface area is 129 Å². The summed E-state index contributed by atoms with van der Waals surface area (Å²) in [7, 11) is 3.74. The Balaban J connectivity index is 2.27. The van der Waals surface area contributed by atoms with Crippen LogP contribution in [0, 0.1) is 0 Å². The van der Waals surface area contributed by atoms with Crippen LogP contribution in [-0.4, -0.2) is 41.2 Å². The molecule has 22 heavy (non-hydrogen) atoms. The van der Waals surface area contributed by atoms with Gasteiger partial charge in [0.05, 0.1) is 22.1 Å². The summed E-state index contributed by atoms with van der Waals surface area (Å²) in [6, 6.07) is 5.13. The van der Waals surface area contributed by atoms with Crippen LogP contribution in [0.1, 0.15) is 10.4 Å². The van der Waals surface area contributed by atoms with E-state index >= 15 is 0 Å². The Hall–Kier alpha value is -2.74. The van der Waals surface area contributed by atoms with Gasteiger partial charge >= 0.3 is 0 Å². The summed E-state index contributed by atoms with van der Waals surface area (Å²) in [6.45, 7) is 0. The predicted octanol–water partition coefficient (Wildman–Crippen LogP) is 1.46. The third-order valence-electron chi connectivity index (χ3n) is 3.03. The second-order valence-electron chi connectivity index (χ2n) is 4.95. The van der Waals surface area contributed by atoms with Crippen molar-refractivity contribution in [2.75, 3.05) is 14.1 Å². The largest absolute Gasteiger partial charge is 0.369 e. The summed E-state index contributed by atoms with van der Waals surface area (Å²) in [5.41, 5.74) is 5.95. The van der Waals surface area contributed by atoms with E-state index in [0.717, 1.165) is 4.70 Å². The fourth-order valence-corrected chi connectivity index (χ4v) is 2.88. The van der Waals surface area contributed by atoms with E-state index in [1.165, 1.54) is 17.4 Å². The van der Waals surface area contributed by atoms with E-state index in [2.05, 4.69) is 15.0 Å². The highest BCUT2D eigenvalue weighted by Crippen LogP contribution is 2.32. The monoisotopic (exact) mass is 315 g/mol. The quantitative estimate of drug-likeness (QED) is 0.564. The number of nitrogens with zero attached hydrogens (tertiary/aromatic N) is 3. The van der Waals surface area contributed by atoms with Crippen LogP contribution in [0.4, 0.5) is 5.13 Å². The summed E-state index contributed by atoms with van der Waals surface area (Å²) < 4.78 is 0.917. The Morgan fingerprint density at radius 1 is 1.45 bits per heavy atom. The lowest BCUT2D eigenvalue weighted by molar-refractivity contribution is 0.0999. The van der Waals surface area contributed by atoms with Gasteiger partial charge in [-0.2, -0.15) is 0 Å². The number of aliphatic imine (C=N–C) groups is 1. The lowest BCUT2D eigenvalue weighted by Crippen LogP contribution is -2.23. The van der Waals surface area contributed by atoms with Crippen LogP contribution in [0.5, 0.6) is 0 Å². The van der Waals surface area contributed by atoms with Crippen LogP contribution in [0.2, 0.25) is 0 Å². The van der Waals surface area contributed by atoms with E-state index in [-0.39, 0.29) is 5.56 Å². The number of primary amides is 1. The number of thiazole rings is 1. The third kappa shape index (κ3) is 2.44. The summed E-state index contributed by atoms with van der Waals surface area (Å²) in [6.07, 6.45) is 1.66. The molecule has 1 amide bonds. The molecule has 7 nitrogen and oxygen atoms in total. The number of amides is 1. The van der Waals surface area contributed by atoms with Gasteiger partial charge in [-0.25, -0.2) is 9.98 Å². The molecule has 2 heterocycles. The van der Waals surface area contributed by atoms with E-state index in [9.17, 15) is 9.59 Å². The number of aromatic nitrogens is 2. The lowest BCUT2D eigenvalue weighted by atomic mass is 10.1. The zero-order valence-electron chi connectivity index (χ0n) is 12.0. The highest BCUT2D eigenvalue weighted by atomic mass is 32.1. The molecule has 3 aromatic rings. The molecule has 112 valence electrons. The summed E-state index contributed by atoms with van der Waals surface area (Å²) in [4.78, 5) is 36.3. The van der Waals surface area contributed by atoms with Crippen molar-refractivity contribution in [3.63, 3.8) is 0 Å². The van der Waals surface area contributed by atoms with E-state index in [1.807, 2.05) is 25.1 Å². The van der Waals surface area contributed by atoms with Crippen molar-refractivity contribution in [1.29, 1.82) is 0 Å². The molecule has 0 atom stereocenters. The fraction of sp³-hybridized carbons (Fsp3) is 0.143. The number of nitrogens with two attached hydrogens (primary N) is 1. The average Bonchev–Trinajstić information content (AvgIpc) is 2.87. The van der Waals surface area contributed by atoms with Gasteiger partial charge in [0, 0.05) is 19.5 Å². The van der Waals surface area contributed by atoms with Crippen LogP contribution >= 0.6 is 11.3 Å². The Kier molecular flexibility index (Phi) is 3.38. The highest BCUT2D eigenvalue weighted by Gasteiger charge is 2.12. The maximum absolute atomic E-state index is 11.8. The van der Waals surface area contributed by atoms with Gasteiger partial charge in [0.25, 0.3) is 11.5 Å². The maximum atomic E-state index is 11.8. The smallest absolute Gasteiger partial charge is 0.261 e. The topological polar surface area (TPSA) is 104 Å². The van der Waals surface area contributed by atoms with Gasteiger partial charge in [0.15, 0.2) is 0 Å². The standard InChI is InChI=1S/C14H13N5O2S/c1-19(2)6-16-14-18-11-7-5-8(12(15)20)13(21)17-9(7)3-4-10(11)22-14/h3-6H,1-2H3,(H2,15,20)(H,17,21)/b16-6+. The number of hydrogen-bond donors (Lipinski definition) is 2. The number of carbonyl (C=O) groups is 1. The SMILES string of the molecule is CN(C)/C=N/c1nc2c(ccc3[nH]c(=O)c(C(N)=O)cc32)s1. The molecule has 0 fully saturated rings. The number of H-pyrrole nitrogens is 1. The summed E-state index contributed by atoms with van der Waals surface area (Å²) >= 11 is 1.43. The minimum Gasteiger partial charge on any atom is -0.369 e. The number of benzene rings is 1. The predicted molar refractivity (Wildman–Crippen MR) is 88.1 cm³/mol. The van der Waals surface area contributed by atoms with Gasteiger partial charge in [-0.05, 0) is 18.2 Å². The van der Waals surface area contributed by atoms with E-state index in [0.29, 0.717) is 21.6 Å². The molecule has 0 unspecified atom stereocenters. The van der Waals surface area contributed by atoms with Gasteiger partial charge in [0.2, 0.25) is 5.13 Å². The molecule has 0 aliphatic rings. The van der Waals surface area contributed by atoms with Gasteiger partial charge < -0.3 is 15.6 Å². The number of carbonyl (C=O) groups excluding carboxylic acids is 1. The molecular formula is C14H13N5O2S. The van der Waals surface area contributed by atoms with Crippen molar-refractivity contribution >= 4 is 49.8 Å². The van der Waals surface area contributed by atoms with Crippen molar-refractivity contribution in [3.8, 4) is 0 Å². The van der Waals surface area contributed by atoms with Crippen LogP contribution in [0.15, 0.2) is 28.0 Å². The number of hydrogen-bond acceptors (Lipinski definition) is 5. The molecular weight excluding hydrogens is 302 g/mol. The Bertz CT molecular complexity index is 970. The number of nitrogens with one attached hydrogen (secondary N) is 1. The molecule has 2 aromatic heterocycles. The molecule has 8 heteroatoms. The maximum Gasteiger partial charge on any atom is 0.261 e. The zero-order chi connectivity index (χ0) is 15.9. The van der Waals surface area contributed by atoms with Gasteiger partial charge in [-0.15, -0.1) is 0 Å². The van der Waals surface area contributed by atoms with Gasteiger partial charge in [0.1, 0.15) is 5.56 Å². The summed E-state index contributed by atoms with van der Waals surface area (Å²) in [5, 5.41) is 1.27. The third-order valence-corrected chi connectivity index (χ3v) is 3.96. The van der Waals surface area contributed by atoms with E-state index < -0.39 is 11.5 Å². The van der Waals surface area contributed by atoms with Crippen LogP contribution in [0.3, 0.4) is 0 Å².